The molecule has 0 unspecified atom stereocenters. The Labute approximate surface area is 162 Å². The second-order valence-corrected chi connectivity index (χ2v) is 6.11. The molecule has 0 spiro atoms. The maximum absolute atomic E-state index is 5.93. The van der Waals surface area contributed by atoms with Crippen LogP contribution in [-0.4, -0.2) is 4.98 Å². The zero-order valence-electron chi connectivity index (χ0n) is 13.1. The number of aromatic nitrogens is 1. The van der Waals surface area contributed by atoms with Gasteiger partial charge in [0.2, 0.25) is 0 Å². The second kappa shape index (κ2) is 9.84. The smallest absolute Gasteiger partial charge is 0.134 e. The minimum atomic E-state index is 0. The summed E-state index contributed by atoms with van der Waals surface area (Å²) >= 11 is 3.48. The summed E-state index contributed by atoms with van der Waals surface area (Å²) in [6, 6.07) is 14.2. The first-order valence-electron chi connectivity index (χ1n) is 7.17. The molecule has 128 valence electrons. The zero-order valence-corrected chi connectivity index (χ0v) is 16.2. The lowest BCUT2D eigenvalue weighted by atomic mass is 10.1. The fourth-order valence-electron chi connectivity index (χ4n) is 2.35. The van der Waals surface area contributed by atoms with Gasteiger partial charge in [0.1, 0.15) is 11.5 Å². The fraction of sp³-hybridized carbons (Fsp3) is 0.167. The van der Waals surface area contributed by atoms with Crippen LogP contribution < -0.4 is 30.1 Å². The third kappa shape index (κ3) is 5.35. The number of nitrogens with zero attached hydrogens (tertiary/aromatic N) is 1. The maximum Gasteiger partial charge on any atom is 0.134 e. The summed E-state index contributed by atoms with van der Waals surface area (Å²) in [5, 5.41) is 3.37. The third-order valence-electron chi connectivity index (χ3n) is 3.47. The Bertz CT molecular complexity index is 763. The number of halogens is 3. The molecule has 2 aromatic heterocycles. The molecule has 0 aliphatic heterocycles. The number of furan rings is 1. The number of nitrogens with one attached hydrogen (secondary N) is 1. The normalized spacial score (nSPS) is 9.92. The van der Waals surface area contributed by atoms with Gasteiger partial charge >= 0.3 is 0 Å². The first-order chi connectivity index (χ1) is 10.7. The summed E-state index contributed by atoms with van der Waals surface area (Å²) in [6.07, 6.45) is 3.65. The first-order valence-corrected chi connectivity index (χ1v) is 7.96. The van der Waals surface area contributed by atoms with Gasteiger partial charge in [-0.3, -0.25) is 4.98 Å². The van der Waals surface area contributed by atoms with Crippen molar-refractivity contribution < 1.29 is 29.2 Å². The van der Waals surface area contributed by atoms with Crippen LogP contribution in [0.25, 0.3) is 11.3 Å². The molecule has 2 heterocycles. The van der Waals surface area contributed by atoms with Crippen LogP contribution in [0.5, 0.6) is 0 Å². The fourth-order valence-corrected chi connectivity index (χ4v) is 2.83. The molecule has 0 aliphatic carbocycles. The van der Waals surface area contributed by atoms with Crippen LogP contribution in [0.15, 0.2) is 63.7 Å². The summed E-state index contributed by atoms with van der Waals surface area (Å²) in [5.74, 6) is 1.84. The molecule has 0 bridgehead atoms. The van der Waals surface area contributed by atoms with E-state index < -0.39 is 0 Å². The predicted molar refractivity (Wildman–Crippen MR) is 91.4 cm³/mol. The summed E-state index contributed by atoms with van der Waals surface area (Å²) in [7, 11) is 0. The monoisotopic (exact) mass is 426 g/mol. The van der Waals surface area contributed by atoms with E-state index in [1.165, 1.54) is 5.56 Å². The first kappa shape index (κ1) is 20.7. The molecular formula is C18H17BrCl2N2O-2. The lowest BCUT2D eigenvalue weighted by molar-refractivity contribution is -0.00100. The van der Waals surface area contributed by atoms with E-state index in [1.54, 1.807) is 6.20 Å². The number of rotatable bonds is 5. The molecule has 3 nitrogen and oxygen atoms in total. The largest absolute Gasteiger partial charge is 1.00 e. The number of hydrogen-bond acceptors (Lipinski definition) is 3. The van der Waals surface area contributed by atoms with Crippen molar-refractivity contribution in [2.24, 2.45) is 0 Å². The highest BCUT2D eigenvalue weighted by Gasteiger charge is 2.07. The SMILES string of the molecule is Cc1cc(Br)ccc1-c1ccc(CNCc2cccnc2)o1.[Cl-].[Cl-]. The quantitative estimate of drug-likeness (QED) is 0.550. The Morgan fingerprint density at radius 1 is 1.08 bits per heavy atom. The Balaban J connectivity index is 0.00000144. The van der Waals surface area contributed by atoms with Crippen molar-refractivity contribution in [3.8, 4) is 11.3 Å². The molecule has 0 amide bonds. The lowest BCUT2D eigenvalue weighted by Gasteiger charge is -2.04. The number of hydrogen-bond donors (Lipinski definition) is 1. The molecule has 0 saturated heterocycles. The summed E-state index contributed by atoms with van der Waals surface area (Å²) in [4.78, 5) is 4.10. The van der Waals surface area contributed by atoms with Gasteiger partial charge in [-0.15, -0.1) is 0 Å². The maximum atomic E-state index is 5.93. The van der Waals surface area contributed by atoms with E-state index in [0.29, 0.717) is 6.54 Å². The Morgan fingerprint density at radius 2 is 1.92 bits per heavy atom. The van der Waals surface area contributed by atoms with Gasteiger partial charge in [-0.25, -0.2) is 0 Å². The Morgan fingerprint density at radius 3 is 2.62 bits per heavy atom. The molecule has 6 heteroatoms. The number of aryl methyl sites for hydroxylation is 1. The van der Waals surface area contributed by atoms with Crippen LogP contribution >= 0.6 is 15.9 Å². The van der Waals surface area contributed by atoms with Crippen LogP contribution in [0, 0.1) is 6.92 Å². The average Bonchev–Trinajstić information content (AvgIpc) is 2.97. The molecule has 1 N–H and O–H groups in total. The number of pyridine rings is 1. The molecule has 0 atom stereocenters. The highest BCUT2D eigenvalue weighted by atomic mass is 79.9. The molecule has 0 radical (unpaired) electrons. The Kier molecular flexibility index (Phi) is 8.50. The van der Waals surface area contributed by atoms with Gasteiger partial charge in [0.25, 0.3) is 0 Å². The van der Waals surface area contributed by atoms with Crippen LogP contribution in [0.3, 0.4) is 0 Å². The topological polar surface area (TPSA) is 38.1 Å². The summed E-state index contributed by atoms with van der Waals surface area (Å²) in [5.41, 5.74) is 3.48. The highest BCUT2D eigenvalue weighted by molar-refractivity contribution is 9.10. The Hall–Kier alpha value is -1.33. The molecule has 0 aliphatic rings. The standard InChI is InChI=1S/C18H17BrN2O.2ClH/c1-13-9-15(19)4-6-17(13)18-7-5-16(22-18)12-21-11-14-3-2-8-20-10-14;;/h2-10,21H,11-12H2,1H3;2*1H/p-2. The van der Waals surface area contributed by atoms with Gasteiger partial charge in [0, 0.05) is 29.0 Å². The van der Waals surface area contributed by atoms with Gasteiger partial charge in [-0.2, -0.15) is 0 Å². The summed E-state index contributed by atoms with van der Waals surface area (Å²) < 4.78 is 7.02. The van der Waals surface area contributed by atoms with E-state index in [1.807, 2.05) is 30.5 Å². The van der Waals surface area contributed by atoms with Crippen molar-refractivity contribution in [3.05, 3.63) is 76.2 Å². The van der Waals surface area contributed by atoms with Crippen molar-refractivity contribution >= 4 is 15.9 Å². The summed E-state index contributed by atoms with van der Waals surface area (Å²) in [6.45, 7) is 3.56. The van der Waals surface area contributed by atoms with Crippen LogP contribution in [0.1, 0.15) is 16.9 Å². The van der Waals surface area contributed by atoms with Crippen molar-refractivity contribution in [1.29, 1.82) is 0 Å². The van der Waals surface area contributed by atoms with E-state index in [0.717, 1.165) is 33.7 Å². The highest BCUT2D eigenvalue weighted by Crippen LogP contribution is 2.27. The molecule has 0 fully saturated rings. The minimum Gasteiger partial charge on any atom is -1.00 e. The molecular weight excluding hydrogens is 411 g/mol. The van der Waals surface area contributed by atoms with Crippen molar-refractivity contribution in [2.45, 2.75) is 20.0 Å². The van der Waals surface area contributed by atoms with Crippen molar-refractivity contribution in [2.75, 3.05) is 0 Å². The molecule has 3 rings (SSSR count). The van der Waals surface area contributed by atoms with E-state index >= 15 is 0 Å². The molecule has 3 aromatic rings. The van der Waals surface area contributed by atoms with E-state index in [9.17, 15) is 0 Å². The van der Waals surface area contributed by atoms with E-state index in [4.69, 9.17) is 4.42 Å². The minimum absolute atomic E-state index is 0. The van der Waals surface area contributed by atoms with Gasteiger partial charge in [-0.05, 0) is 54.4 Å². The van der Waals surface area contributed by atoms with Crippen molar-refractivity contribution in [1.82, 2.24) is 10.3 Å². The van der Waals surface area contributed by atoms with Gasteiger partial charge < -0.3 is 34.5 Å². The van der Waals surface area contributed by atoms with E-state index in [-0.39, 0.29) is 24.8 Å². The molecule has 24 heavy (non-hydrogen) atoms. The van der Waals surface area contributed by atoms with E-state index in [2.05, 4.69) is 51.4 Å². The average molecular weight is 428 g/mol. The van der Waals surface area contributed by atoms with Crippen LogP contribution in [-0.2, 0) is 13.1 Å². The number of benzene rings is 1. The zero-order chi connectivity index (χ0) is 15.4. The van der Waals surface area contributed by atoms with Crippen molar-refractivity contribution in [3.63, 3.8) is 0 Å². The second-order valence-electron chi connectivity index (χ2n) is 5.19. The molecule has 0 saturated carbocycles. The van der Waals surface area contributed by atoms with Gasteiger partial charge in [0.05, 0.1) is 6.54 Å². The van der Waals surface area contributed by atoms with Gasteiger partial charge in [0.15, 0.2) is 0 Å². The third-order valence-corrected chi connectivity index (χ3v) is 3.96. The molecule has 1 aromatic carbocycles. The lowest BCUT2D eigenvalue weighted by Crippen LogP contribution is -3.00. The van der Waals surface area contributed by atoms with Gasteiger partial charge in [-0.1, -0.05) is 22.0 Å². The van der Waals surface area contributed by atoms with Crippen LogP contribution in [0.4, 0.5) is 0 Å². The predicted octanol–water partition coefficient (Wildman–Crippen LogP) is -1.29. The van der Waals surface area contributed by atoms with Crippen LogP contribution in [0.2, 0.25) is 0 Å².